The number of nitrogens with one attached hydrogen (secondary N) is 1. The molecule has 1 heterocycles. The van der Waals surface area contributed by atoms with Gasteiger partial charge in [0.15, 0.2) is 0 Å². The first-order valence-electron chi connectivity index (χ1n) is 6.78. The third kappa shape index (κ3) is 4.04. The first-order chi connectivity index (χ1) is 7.60. The molecule has 1 fully saturated rings. The highest BCUT2D eigenvalue weighted by molar-refractivity contribution is 4.85. The summed E-state index contributed by atoms with van der Waals surface area (Å²) in [7, 11) is 0. The summed E-state index contributed by atoms with van der Waals surface area (Å²) in [6.45, 7) is 17.6. The van der Waals surface area contributed by atoms with Crippen molar-refractivity contribution in [2.24, 2.45) is 0 Å². The van der Waals surface area contributed by atoms with Crippen LogP contribution in [0.3, 0.4) is 0 Å². The molecular formula is C13H29N3. The molecule has 1 saturated heterocycles. The van der Waals surface area contributed by atoms with E-state index in [1.54, 1.807) is 0 Å². The molecule has 0 aromatic heterocycles. The molecule has 0 aliphatic carbocycles. The standard InChI is InChI=1S/C13H29N3/c1-5-15(6-2)10-7-13(3,4)16-11-8-14-9-12-16/h14H,5-12H2,1-4H3. The molecule has 1 aliphatic heterocycles. The van der Waals surface area contributed by atoms with Crippen molar-refractivity contribution in [2.75, 3.05) is 45.8 Å². The predicted molar refractivity (Wildman–Crippen MR) is 70.9 cm³/mol. The number of rotatable bonds is 6. The topological polar surface area (TPSA) is 18.5 Å². The van der Waals surface area contributed by atoms with Crippen LogP contribution >= 0.6 is 0 Å². The predicted octanol–water partition coefficient (Wildman–Crippen LogP) is 1.40. The second-order valence-corrected chi connectivity index (χ2v) is 5.33. The van der Waals surface area contributed by atoms with Gasteiger partial charge in [-0.2, -0.15) is 0 Å². The summed E-state index contributed by atoms with van der Waals surface area (Å²) in [5.74, 6) is 0. The number of nitrogens with zero attached hydrogens (tertiary/aromatic N) is 2. The van der Waals surface area contributed by atoms with Crippen molar-refractivity contribution in [3.05, 3.63) is 0 Å². The van der Waals surface area contributed by atoms with Gasteiger partial charge in [-0.1, -0.05) is 13.8 Å². The second-order valence-electron chi connectivity index (χ2n) is 5.33. The molecule has 0 radical (unpaired) electrons. The molecule has 1 aliphatic rings. The van der Waals surface area contributed by atoms with E-state index in [0.29, 0.717) is 5.54 Å². The summed E-state index contributed by atoms with van der Waals surface area (Å²) in [5, 5.41) is 3.42. The van der Waals surface area contributed by atoms with Gasteiger partial charge >= 0.3 is 0 Å². The van der Waals surface area contributed by atoms with Gasteiger partial charge in [-0.15, -0.1) is 0 Å². The molecule has 1 N–H and O–H groups in total. The molecule has 0 atom stereocenters. The minimum absolute atomic E-state index is 0.352. The van der Waals surface area contributed by atoms with Crippen LogP contribution in [0, 0.1) is 0 Å². The quantitative estimate of drug-likeness (QED) is 0.740. The van der Waals surface area contributed by atoms with E-state index in [2.05, 4.69) is 42.8 Å². The van der Waals surface area contributed by atoms with Crippen LogP contribution in [0.4, 0.5) is 0 Å². The van der Waals surface area contributed by atoms with Crippen LogP contribution in [-0.2, 0) is 0 Å². The zero-order valence-electron chi connectivity index (χ0n) is 11.6. The Balaban J connectivity index is 2.37. The second kappa shape index (κ2) is 6.58. The van der Waals surface area contributed by atoms with Gasteiger partial charge in [0.25, 0.3) is 0 Å². The first-order valence-corrected chi connectivity index (χ1v) is 6.78. The van der Waals surface area contributed by atoms with Crippen molar-refractivity contribution in [1.29, 1.82) is 0 Å². The lowest BCUT2D eigenvalue weighted by atomic mass is 9.97. The lowest BCUT2D eigenvalue weighted by molar-refractivity contribution is 0.0843. The van der Waals surface area contributed by atoms with Crippen LogP contribution < -0.4 is 5.32 Å². The normalized spacial score (nSPS) is 19.3. The molecule has 0 amide bonds. The summed E-state index contributed by atoms with van der Waals surface area (Å²) in [5.41, 5.74) is 0.352. The minimum atomic E-state index is 0.352. The molecule has 0 unspecified atom stereocenters. The van der Waals surface area contributed by atoms with Crippen LogP contribution in [0.2, 0.25) is 0 Å². The summed E-state index contributed by atoms with van der Waals surface area (Å²) in [6.07, 6.45) is 1.27. The van der Waals surface area contributed by atoms with Crippen LogP contribution in [0.15, 0.2) is 0 Å². The van der Waals surface area contributed by atoms with Crippen molar-refractivity contribution in [3.63, 3.8) is 0 Å². The van der Waals surface area contributed by atoms with Crippen LogP contribution in [0.1, 0.15) is 34.1 Å². The van der Waals surface area contributed by atoms with Gasteiger partial charge in [-0.25, -0.2) is 0 Å². The third-order valence-corrected chi connectivity index (χ3v) is 3.91. The molecular weight excluding hydrogens is 198 g/mol. The molecule has 0 bridgehead atoms. The lowest BCUT2D eigenvalue weighted by Gasteiger charge is -2.42. The Morgan fingerprint density at radius 3 is 2.19 bits per heavy atom. The number of hydrogen-bond acceptors (Lipinski definition) is 3. The van der Waals surface area contributed by atoms with E-state index in [1.807, 2.05) is 0 Å². The van der Waals surface area contributed by atoms with Crippen molar-refractivity contribution in [2.45, 2.75) is 39.7 Å². The van der Waals surface area contributed by atoms with Gasteiger partial charge in [0.2, 0.25) is 0 Å². The molecule has 0 aromatic carbocycles. The van der Waals surface area contributed by atoms with Crippen molar-refractivity contribution in [3.8, 4) is 0 Å². The number of hydrogen-bond donors (Lipinski definition) is 1. The van der Waals surface area contributed by atoms with E-state index in [1.165, 1.54) is 39.1 Å². The minimum Gasteiger partial charge on any atom is -0.314 e. The number of piperazine rings is 1. The highest BCUT2D eigenvalue weighted by atomic mass is 15.2. The maximum absolute atomic E-state index is 3.42. The van der Waals surface area contributed by atoms with Gasteiger partial charge in [-0.05, 0) is 39.9 Å². The fraction of sp³-hybridized carbons (Fsp3) is 1.00. The fourth-order valence-corrected chi connectivity index (χ4v) is 2.40. The van der Waals surface area contributed by atoms with Crippen LogP contribution in [0.5, 0.6) is 0 Å². The molecule has 96 valence electrons. The molecule has 16 heavy (non-hydrogen) atoms. The SMILES string of the molecule is CCN(CC)CCC(C)(C)N1CCNCC1. The lowest BCUT2D eigenvalue weighted by Crippen LogP contribution is -2.54. The van der Waals surface area contributed by atoms with Crippen LogP contribution in [0.25, 0.3) is 0 Å². The van der Waals surface area contributed by atoms with Crippen molar-refractivity contribution >= 4 is 0 Å². The summed E-state index contributed by atoms with van der Waals surface area (Å²) in [4.78, 5) is 5.15. The average Bonchev–Trinajstić information content (AvgIpc) is 2.31. The third-order valence-electron chi connectivity index (χ3n) is 3.91. The zero-order valence-corrected chi connectivity index (χ0v) is 11.6. The molecule has 3 heteroatoms. The van der Waals surface area contributed by atoms with Crippen molar-refractivity contribution < 1.29 is 0 Å². The molecule has 0 saturated carbocycles. The van der Waals surface area contributed by atoms with E-state index in [-0.39, 0.29) is 0 Å². The van der Waals surface area contributed by atoms with Gasteiger partial charge < -0.3 is 10.2 Å². The highest BCUT2D eigenvalue weighted by Crippen LogP contribution is 2.19. The van der Waals surface area contributed by atoms with Gasteiger partial charge in [0.05, 0.1) is 0 Å². The largest absolute Gasteiger partial charge is 0.314 e. The van der Waals surface area contributed by atoms with E-state index >= 15 is 0 Å². The van der Waals surface area contributed by atoms with Gasteiger partial charge in [0, 0.05) is 31.7 Å². The maximum atomic E-state index is 3.42. The molecule has 3 nitrogen and oxygen atoms in total. The fourth-order valence-electron chi connectivity index (χ4n) is 2.40. The monoisotopic (exact) mass is 227 g/mol. The van der Waals surface area contributed by atoms with E-state index < -0.39 is 0 Å². The Kier molecular flexibility index (Phi) is 5.73. The van der Waals surface area contributed by atoms with Gasteiger partial charge in [-0.3, -0.25) is 4.90 Å². The van der Waals surface area contributed by atoms with E-state index in [0.717, 1.165) is 13.1 Å². The Bertz CT molecular complexity index is 182. The molecule has 0 aromatic rings. The van der Waals surface area contributed by atoms with Gasteiger partial charge in [0.1, 0.15) is 0 Å². The highest BCUT2D eigenvalue weighted by Gasteiger charge is 2.27. The average molecular weight is 227 g/mol. The zero-order chi connectivity index (χ0) is 12.0. The Labute approximate surface area is 101 Å². The first kappa shape index (κ1) is 13.9. The summed E-state index contributed by atoms with van der Waals surface area (Å²) < 4.78 is 0. The summed E-state index contributed by atoms with van der Waals surface area (Å²) in [6, 6.07) is 0. The van der Waals surface area contributed by atoms with Crippen LogP contribution in [-0.4, -0.2) is 61.2 Å². The van der Waals surface area contributed by atoms with E-state index in [4.69, 9.17) is 0 Å². The Morgan fingerprint density at radius 1 is 1.12 bits per heavy atom. The van der Waals surface area contributed by atoms with Crippen molar-refractivity contribution in [1.82, 2.24) is 15.1 Å². The molecule has 1 rings (SSSR count). The summed E-state index contributed by atoms with van der Waals surface area (Å²) >= 11 is 0. The Morgan fingerprint density at radius 2 is 1.69 bits per heavy atom. The smallest absolute Gasteiger partial charge is 0.0166 e. The Hall–Kier alpha value is -0.120. The maximum Gasteiger partial charge on any atom is 0.0166 e. The molecule has 0 spiro atoms. The van der Waals surface area contributed by atoms with E-state index in [9.17, 15) is 0 Å².